The zero-order valence-electron chi connectivity index (χ0n) is 8.64. The first-order valence-corrected chi connectivity index (χ1v) is 5.56. The minimum Gasteiger partial charge on any atom is -0.373 e. The molecule has 0 saturated carbocycles. The first kappa shape index (κ1) is 10.6. The normalized spacial score (nSPS) is 26.7. The Labute approximate surface area is 94.2 Å². The molecule has 5 heteroatoms. The van der Waals surface area contributed by atoms with Crippen LogP contribution < -0.4 is 4.90 Å². The molecule has 0 amide bonds. The number of anilines is 1. The standard InChI is InChI=1S/C10H14ClN3O/c1-8-7-15-9(5-11)6-14(8)10-3-2-4-12-13-10/h2-4,8-9H,5-7H2,1H3. The molecular formula is C10H14ClN3O. The van der Waals surface area contributed by atoms with Crippen molar-refractivity contribution >= 4 is 17.4 Å². The summed E-state index contributed by atoms with van der Waals surface area (Å²) in [6.07, 6.45) is 1.76. The average Bonchev–Trinajstić information content (AvgIpc) is 2.31. The van der Waals surface area contributed by atoms with E-state index in [-0.39, 0.29) is 6.10 Å². The van der Waals surface area contributed by atoms with Gasteiger partial charge < -0.3 is 9.64 Å². The second kappa shape index (κ2) is 4.77. The van der Waals surface area contributed by atoms with Gasteiger partial charge >= 0.3 is 0 Å². The number of hydrogen-bond acceptors (Lipinski definition) is 4. The van der Waals surface area contributed by atoms with E-state index < -0.39 is 0 Å². The van der Waals surface area contributed by atoms with Crippen molar-refractivity contribution in [2.24, 2.45) is 0 Å². The number of nitrogens with zero attached hydrogens (tertiary/aromatic N) is 3. The van der Waals surface area contributed by atoms with Crippen molar-refractivity contribution in [1.82, 2.24) is 10.2 Å². The molecule has 2 atom stereocenters. The number of hydrogen-bond donors (Lipinski definition) is 0. The molecule has 1 aliphatic rings. The molecule has 2 rings (SSSR count). The Morgan fingerprint density at radius 1 is 1.67 bits per heavy atom. The monoisotopic (exact) mass is 227 g/mol. The molecule has 0 radical (unpaired) electrons. The average molecular weight is 228 g/mol. The van der Waals surface area contributed by atoms with Crippen LogP contribution in [0.3, 0.4) is 0 Å². The third kappa shape index (κ3) is 2.38. The molecule has 1 aliphatic heterocycles. The summed E-state index contributed by atoms with van der Waals surface area (Å²) >= 11 is 5.79. The largest absolute Gasteiger partial charge is 0.373 e. The van der Waals surface area contributed by atoms with E-state index in [0.717, 1.165) is 12.4 Å². The van der Waals surface area contributed by atoms with E-state index >= 15 is 0 Å². The van der Waals surface area contributed by atoms with Gasteiger partial charge in [0.25, 0.3) is 0 Å². The number of morpholine rings is 1. The lowest BCUT2D eigenvalue weighted by molar-refractivity contribution is 0.0361. The molecule has 1 aromatic heterocycles. The molecular weight excluding hydrogens is 214 g/mol. The van der Waals surface area contributed by atoms with Crippen molar-refractivity contribution in [3.63, 3.8) is 0 Å². The summed E-state index contributed by atoms with van der Waals surface area (Å²) in [4.78, 5) is 2.18. The highest BCUT2D eigenvalue weighted by atomic mass is 35.5. The van der Waals surface area contributed by atoms with Gasteiger partial charge in [-0.1, -0.05) is 0 Å². The van der Waals surface area contributed by atoms with Crippen LogP contribution in [0.15, 0.2) is 18.3 Å². The first-order valence-electron chi connectivity index (χ1n) is 5.03. The van der Waals surface area contributed by atoms with E-state index in [9.17, 15) is 0 Å². The van der Waals surface area contributed by atoms with Crippen LogP contribution in [0.4, 0.5) is 5.82 Å². The molecule has 2 heterocycles. The predicted octanol–water partition coefficient (Wildman–Crippen LogP) is 1.31. The summed E-state index contributed by atoms with van der Waals surface area (Å²) in [5.41, 5.74) is 0. The van der Waals surface area contributed by atoms with Crippen LogP contribution in [-0.2, 0) is 4.74 Å². The smallest absolute Gasteiger partial charge is 0.151 e. The van der Waals surface area contributed by atoms with Gasteiger partial charge in [-0.15, -0.1) is 16.7 Å². The highest BCUT2D eigenvalue weighted by Gasteiger charge is 2.26. The Morgan fingerprint density at radius 2 is 2.53 bits per heavy atom. The van der Waals surface area contributed by atoms with Gasteiger partial charge in [-0.05, 0) is 19.1 Å². The number of ether oxygens (including phenoxy) is 1. The highest BCUT2D eigenvalue weighted by Crippen LogP contribution is 2.18. The fraction of sp³-hybridized carbons (Fsp3) is 0.600. The molecule has 0 aliphatic carbocycles. The molecule has 1 fully saturated rings. The van der Waals surface area contributed by atoms with E-state index in [1.165, 1.54) is 0 Å². The van der Waals surface area contributed by atoms with Crippen LogP contribution >= 0.6 is 11.6 Å². The maximum atomic E-state index is 5.79. The Bertz CT molecular complexity index is 309. The minimum atomic E-state index is 0.0878. The third-order valence-corrected chi connectivity index (χ3v) is 2.87. The van der Waals surface area contributed by atoms with Gasteiger partial charge in [-0.25, -0.2) is 0 Å². The van der Waals surface area contributed by atoms with Gasteiger partial charge in [-0.3, -0.25) is 0 Å². The van der Waals surface area contributed by atoms with Crippen LogP contribution in [0.5, 0.6) is 0 Å². The van der Waals surface area contributed by atoms with Gasteiger partial charge in [0, 0.05) is 12.7 Å². The molecule has 1 saturated heterocycles. The van der Waals surface area contributed by atoms with Crippen molar-refractivity contribution in [2.75, 3.05) is 23.9 Å². The number of alkyl halides is 1. The summed E-state index contributed by atoms with van der Waals surface area (Å²) in [5, 5.41) is 7.98. The topological polar surface area (TPSA) is 38.2 Å². The summed E-state index contributed by atoms with van der Waals surface area (Å²) < 4.78 is 5.57. The van der Waals surface area contributed by atoms with Gasteiger partial charge in [0.2, 0.25) is 0 Å². The van der Waals surface area contributed by atoms with Crippen LogP contribution in [0.25, 0.3) is 0 Å². The molecule has 2 unspecified atom stereocenters. The Balaban J connectivity index is 2.13. The van der Waals surface area contributed by atoms with Crippen molar-refractivity contribution in [1.29, 1.82) is 0 Å². The number of rotatable bonds is 2. The van der Waals surface area contributed by atoms with Crippen LogP contribution in [0.2, 0.25) is 0 Å². The quantitative estimate of drug-likeness (QED) is 0.715. The van der Waals surface area contributed by atoms with Crippen molar-refractivity contribution in [3.05, 3.63) is 18.3 Å². The fourth-order valence-electron chi connectivity index (χ4n) is 1.68. The molecule has 0 spiro atoms. The molecule has 4 nitrogen and oxygen atoms in total. The summed E-state index contributed by atoms with van der Waals surface area (Å²) in [7, 11) is 0. The summed E-state index contributed by atoms with van der Waals surface area (Å²) in [6.45, 7) is 3.58. The summed E-state index contributed by atoms with van der Waals surface area (Å²) in [6, 6.07) is 4.17. The Kier molecular flexibility index (Phi) is 3.38. The maximum Gasteiger partial charge on any atom is 0.151 e. The van der Waals surface area contributed by atoms with Crippen molar-refractivity contribution in [3.8, 4) is 0 Å². The SMILES string of the molecule is CC1COC(CCl)CN1c1cccnn1. The fourth-order valence-corrected chi connectivity index (χ4v) is 1.86. The van der Waals surface area contributed by atoms with Gasteiger partial charge in [0.05, 0.1) is 24.6 Å². The van der Waals surface area contributed by atoms with Gasteiger partial charge in [-0.2, -0.15) is 5.10 Å². The lowest BCUT2D eigenvalue weighted by Gasteiger charge is -2.37. The lowest BCUT2D eigenvalue weighted by atomic mass is 10.2. The van der Waals surface area contributed by atoms with E-state index in [2.05, 4.69) is 22.0 Å². The van der Waals surface area contributed by atoms with Crippen molar-refractivity contribution in [2.45, 2.75) is 19.1 Å². The van der Waals surface area contributed by atoms with Crippen LogP contribution in [0, 0.1) is 0 Å². The molecule has 1 aromatic rings. The molecule has 0 bridgehead atoms. The lowest BCUT2D eigenvalue weighted by Crippen LogP contribution is -2.49. The van der Waals surface area contributed by atoms with E-state index in [1.807, 2.05) is 12.1 Å². The van der Waals surface area contributed by atoms with E-state index in [1.54, 1.807) is 6.20 Å². The Hall–Kier alpha value is -0.870. The number of aromatic nitrogens is 2. The maximum absolute atomic E-state index is 5.79. The predicted molar refractivity (Wildman–Crippen MR) is 59.3 cm³/mol. The highest BCUT2D eigenvalue weighted by molar-refractivity contribution is 6.18. The molecule has 15 heavy (non-hydrogen) atoms. The minimum absolute atomic E-state index is 0.0878. The Morgan fingerprint density at radius 3 is 3.20 bits per heavy atom. The zero-order valence-corrected chi connectivity index (χ0v) is 9.39. The van der Waals surface area contributed by atoms with E-state index in [4.69, 9.17) is 16.3 Å². The van der Waals surface area contributed by atoms with Gasteiger partial charge in [0.1, 0.15) is 0 Å². The third-order valence-electron chi connectivity index (χ3n) is 2.53. The molecule has 0 N–H and O–H groups in total. The molecule has 82 valence electrons. The van der Waals surface area contributed by atoms with Crippen molar-refractivity contribution < 1.29 is 4.74 Å². The summed E-state index contributed by atoms with van der Waals surface area (Å²) in [5.74, 6) is 1.41. The van der Waals surface area contributed by atoms with Gasteiger partial charge in [0.15, 0.2) is 5.82 Å². The van der Waals surface area contributed by atoms with Crippen LogP contribution in [-0.4, -0.2) is 41.4 Å². The molecule has 0 aromatic carbocycles. The zero-order chi connectivity index (χ0) is 10.7. The first-order chi connectivity index (χ1) is 7.31. The second-order valence-electron chi connectivity index (χ2n) is 3.69. The van der Waals surface area contributed by atoms with Crippen LogP contribution in [0.1, 0.15) is 6.92 Å². The van der Waals surface area contributed by atoms with E-state index in [0.29, 0.717) is 18.5 Å². The number of halogens is 1. The second-order valence-corrected chi connectivity index (χ2v) is 4.00.